The Balaban J connectivity index is 1.86. The van der Waals surface area contributed by atoms with Gasteiger partial charge in [0.1, 0.15) is 23.9 Å². The van der Waals surface area contributed by atoms with Crippen molar-refractivity contribution >= 4 is 11.5 Å². The highest BCUT2D eigenvalue weighted by Gasteiger charge is 2.08. The van der Waals surface area contributed by atoms with Crippen LogP contribution in [0.1, 0.15) is 5.82 Å². The molecule has 0 fully saturated rings. The maximum atomic E-state index is 9.35. The first-order valence-corrected chi connectivity index (χ1v) is 5.74. The summed E-state index contributed by atoms with van der Waals surface area (Å²) in [6, 6.07) is 12.0. The molecule has 0 aliphatic rings. The Hall–Kier alpha value is -2.76. The number of nitrogens with two attached hydrogens (primary N) is 1. The van der Waals surface area contributed by atoms with Crippen molar-refractivity contribution in [2.24, 2.45) is 0 Å². The van der Waals surface area contributed by atoms with Gasteiger partial charge >= 0.3 is 0 Å². The van der Waals surface area contributed by atoms with E-state index in [0.717, 1.165) is 0 Å². The summed E-state index contributed by atoms with van der Waals surface area (Å²) in [5.41, 5.74) is 6.56. The van der Waals surface area contributed by atoms with Crippen LogP contribution in [0.15, 0.2) is 42.5 Å². The number of fused-ring (bicyclic) bond motifs is 1. The van der Waals surface area contributed by atoms with Crippen LogP contribution in [-0.2, 0) is 6.61 Å². The molecule has 0 radical (unpaired) electrons. The maximum Gasteiger partial charge on any atom is 0.177 e. The van der Waals surface area contributed by atoms with Gasteiger partial charge in [-0.1, -0.05) is 12.1 Å². The van der Waals surface area contributed by atoms with E-state index in [1.165, 1.54) is 6.07 Å². The number of rotatable bonds is 3. The lowest BCUT2D eigenvalue weighted by molar-refractivity contribution is 0.293. The second kappa shape index (κ2) is 4.49. The Morgan fingerprint density at radius 1 is 1.16 bits per heavy atom. The molecule has 19 heavy (non-hydrogen) atoms. The molecule has 2 heterocycles. The van der Waals surface area contributed by atoms with Crippen LogP contribution in [0.4, 0.5) is 5.82 Å². The van der Waals surface area contributed by atoms with Crippen molar-refractivity contribution in [3.05, 3.63) is 48.3 Å². The zero-order chi connectivity index (χ0) is 13.2. The van der Waals surface area contributed by atoms with Crippen LogP contribution in [0.3, 0.4) is 0 Å². The van der Waals surface area contributed by atoms with Gasteiger partial charge < -0.3 is 15.6 Å². The molecular weight excluding hydrogens is 244 g/mol. The Morgan fingerprint density at radius 2 is 2.00 bits per heavy atom. The van der Waals surface area contributed by atoms with E-state index >= 15 is 0 Å². The van der Waals surface area contributed by atoms with E-state index in [2.05, 4.69) is 10.2 Å². The molecule has 0 unspecified atom stereocenters. The molecule has 0 saturated heterocycles. The minimum atomic E-state index is 0.156. The zero-order valence-corrected chi connectivity index (χ0v) is 10.0. The Labute approximate surface area is 109 Å². The fourth-order valence-electron chi connectivity index (χ4n) is 1.84. The van der Waals surface area contributed by atoms with Crippen molar-refractivity contribution in [2.45, 2.75) is 6.61 Å². The van der Waals surface area contributed by atoms with E-state index in [9.17, 15) is 5.11 Å². The van der Waals surface area contributed by atoms with Crippen molar-refractivity contribution in [1.82, 2.24) is 14.6 Å². The third-order valence-electron chi connectivity index (χ3n) is 2.71. The molecule has 96 valence electrons. The molecule has 6 heteroatoms. The molecular formula is C13H12N4O2. The van der Waals surface area contributed by atoms with Gasteiger partial charge in [0.05, 0.1) is 0 Å². The minimum Gasteiger partial charge on any atom is -0.508 e. The van der Waals surface area contributed by atoms with Crippen LogP contribution >= 0.6 is 0 Å². The van der Waals surface area contributed by atoms with Gasteiger partial charge in [-0.3, -0.25) is 4.40 Å². The lowest BCUT2D eigenvalue weighted by atomic mass is 10.3. The van der Waals surface area contributed by atoms with Crippen LogP contribution < -0.4 is 10.5 Å². The molecule has 0 aliphatic carbocycles. The van der Waals surface area contributed by atoms with Gasteiger partial charge in [0.25, 0.3) is 0 Å². The van der Waals surface area contributed by atoms with Crippen LogP contribution in [0.5, 0.6) is 11.5 Å². The number of nitrogen functional groups attached to an aromatic ring is 1. The standard InChI is InChI=1S/C13H12N4O2/c14-11-5-2-6-12-15-16-13(17(11)12)8-19-10-4-1-3-9(18)7-10/h1-7,18H,8,14H2. The first-order chi connectivity index (χ1) is 9.24. The second-order valence-electron chi connectivity index (χ2n) is 4.05. The first-order valence-electron chi connectivity index (χ1n) is 5.74. The summed E-state index contributed by atoms with van der Waals surface area (Å²) in [5.74, 6) is 1.88. The van der Waals surface area contributed by atoms with Crippen molar-refractivity contribution < 1.29 is 9.84 Å². The molecule has 0 spiro atoms. The topological polar surface area (TPSA) is 85.7 Å². The molecule has 1 aromatic carbocycles. The normalized spacial score (nSPS) is 10.7. The van der Waals surface area contributed by atoms with Crippen molar-refractivity contribution in [3.63, 3.8) is 0 Å². The maximum absolute atomic E-state index is 9.35. The van der Waals surface area contributed by atoms with E-state index < -0.39 is 0 Å². The predicted molar refractivity (Wildman–Crippen MR) is 69.8 cm³/mol. The molecule has 0 atom stereocenters. The highest BCUT2D eigenvalue weighted by Crippen LogP contribution is 2.19. The number of benzene rings is 1. The van der Waals surface area contributed by atoms with Crippen molar-refractivity contribution in [2.75, 3.05) is 5.73 Å². The molecule has 6 nitrogen and oxygen atoms in total. The SMILES string of the molecule is Nc1cccc2nnc(COc3cccc(O)c3)n12. The number of phenolic OH excluding ortho intramolecular Hbond substituents is 1. The van der Waals surface area contributed by atoms with E-state index in [4.69, 9.17) is 10.5 Å². The third-order valence-corrected chi connectivity index (χ3v) is 2.71. The summed E-state index contributed by atoms with van der Waals surface area (Å²) in [7, 11) is 0. The Kier molecular flexibility index (Phi) is 2.68. The fourth-order valence-corrected chi connectivity index (χ4v) is 1.84. The smallest absolute Gasteiger partial charge is 0.177 e. The monoisotopic (exact) mass is 256 g/mol. The van der Waals surface area contributed by atoms with Gasteiger partial charge in [-0.05, 0) is 24.3 Å². The Morgan fingerprint density at radius 3 is 2.84 bits per heavy atom. The van der Waals surface area contributed by atoms with Gasteiger partial charge in [-0.15, -0.1) is 10.2 Å². The van der Waals surface area contributed by atoms with Crippen LogP contribution in [0.2, 0.25) is 0 Å². The van der Waals surface area contributed by atoms with Gasteiger partial charge in [-0.2, -0.15) is 0 Å². The number of ether oxygens (including phenoxy) is 1. The lowest BCUT2D eigenvalue weighted by Gasteiger charge is -2.06. The number of anilines is 1. The number of pyridine rings is 1. The van der Waals surface area contributed by atoms with Gasteiger partial charge in [0, 0.05) is 6.07 Å². The molecule has 0 saturated carbocycles. The number of nitrogens with zero attached hydrogens (tertiary/aromatic N) is 3. The van der Waals surface area contributed by atoms with E-state index in [1.54, 1.807) is 28.7 Å². The zero-order valence-electron chi connectivity index (χ0n) is 10.0. The molecule has 0 amide bonds. The van der Waals surface area contributed by atoms with Gasteiger partial charge in [-0.25, -0.2) is 0 Å². The number of hydrogen-bond donors (Lipinski definition) is 2. The summed E-state index contributed by atoms with van der Waals surface area (Å²) in [5, 5.41) is 17.4. The summed E-state index contributed by atoms with van der Waals surface area (Å²) in [6.07, 6.45) is 0. The molecule has 0 bridgehead atoms. The van der Waals surface area contributed by atoms with Crippen LogP contribution in [-0.4, -0.2) is 19.7 Å². The van der Waals surface area contributed by atoms with Crippen molar-refractivity contribution in [3.8, 4) is 11.5 Å². The minimum absolute atomic E-state index is 0.156. The Bertz CT molecular complexity index is 723. The van der Waals surface area contributed by atoms with Crippen LogP contribution in [0.25, 0.3) is 5.65 Å². The number of hydrogen-bond acceptors (Lipinski definition) is 5. The van der Waals surface area contributed by atoms with Crippen molar-refractivity contribution in [1.29, 1.82) is 0 Å². The van der Waals surface area contributed by atoms with E-state index in [-0.39, 0.29) is 12.4 Å². The number of phenols is 1. The molecule has 0 aliphatic heterocycles. The average Bonchev–Trinajstić information content (AvgIpc) is 2.81. The third kappa shape index (κ3) is 2.15. The first kappa shape index (κ1) is 11.3. The highest BCUT2D eigenvalue weighted by molar-refractivity contribution is 5.47. The lowest BCUT2D eigenvalue weighted by Crippen LogP contribution is -2.04. The largest absolute Gasteiger partial charge is 0.508 e. The van der Waals surface area contributed by atoms with E-state index in [1.807, 2.05) is 12.1 Å². The molecule has 3 aromatic rings. The number of aromatic hydroxyl groups is 1. The highest BCUT2D eigenvalue weighted by atomic mass is 16.5. The molecule has 2 aromatic heterocycles. The van der Waals surface area contributed by atoms with Gasteiger partial charge in [0.2, 0.25) is 0 Å². The quantitative estimate of drug-likeness (QED) is 0.743. The molecule has 3 N–H and O–H groups in total. The van der Waals surface area contributed by atoms with Crippen LogP contribution in [0, 0.1) is 0 Å². The summed E-state index contributed by atoms with van der Waals surface area (Å²) < 4.78 is 7.28. The average molecular weight is 256 g/mol. The molecule has 3 rings (SSSR count). The second-order valence-corrected chi connectivity index (χ2v) is 4.05. The summed E-state index contributed by atoms with van der Waals surface area (Å²) in [6.45, 7) is 0.221. The summed E-state index contributed by atoms with van der Waals surface area (Å²) in [4.78, 5) is 0. The number of aromatic nitrogens is 3. The fraction of sp³-hybridized carbons (Fsp3) is 0.0769. The predicted octanol–water partition coefficient (Wildman–Crippen LogP) is 1.60. The summed E-state index contributed by atoms with van der Waals surface area (Å²) >= 11 is 0. The van der Waals surface area contributed by atoms with Gasteiger partial charge in [0.15, 0.2) is 11.5 Å². The van der Waals surface area contributed by atoms with E-state index in [0.29, 0.717) is 23.0 Å².